The second kappa shape index (κ2) is 8.93. The van der Waals surface area contributed by atoms with Crippen LogP contribution in [0.25, 0.3) is 0 Å². The third-order valence-corrected chi connectivity index (χ3v) is 6.34. The van der Waals surface area contributed by atoms with Crippen LogP contribution in [-0.4, -0.2) is 19.8 Å². The molecule has 0 atom stereocenters. The maximum Gasteiger partial charge on any atom is 0.501 e. The van der Waals surface area contributed by atoms with Crippen LogP contribution in [0.4, 0.5) is 18.9 Å². The van der Waals surface area contributed by atoms with Crippen LogP contribution >= 0.6 is 0 Å². The zero-order valence-corrected chi connectivity index (χ0v) is 17.4. The van der Waals surface area contributed by atoms with Crippen LogP contribution < -0.4 is 5.32 Å². The fourth-order valence-corrected chi connectivity index (χ4v) is 3.99. The fourth-order valence-electron chi connectivity index (χ4n) is 3.16. The summed E-state index contributed by atoms with van der Waals surface area (Å²) in [5.74, 6) is -0.260. The molecule has 0 radical (unpaired) electrons. The van der Waals surface area contributed by atoms with Gasteiger partial charge in [-0.25, -0.2) is 8.42 Å². The lowest BCUT2D eigenvalue weighted by Crippen LogP contribution is -2.23. The molecule has 0 fully saturated rings. The Balaban J connectivity index is 1.78. The molecular weight excluding hydrogens is 427 g/mol. The minimum absolute atomic E-state index is 0.260. The van der Waals surface area contributed by atoms with E-state index in [1.54, 1.807) is 36.4 Å². The van der Waals surface area contributed by atoms with Gasteiger partial charge >= 0.3 is 5.51 Å². The average molecular weight is 447 g/mol. The summed E-state index contributed by atoms with van der Waals surface area (Å²) in [4.78, 5) is 11.8. The zero-order chi connectivity index (χ0) is 22.6. The van der Waals surface area contributed by atoms with Crippen molar-refractivity contribution in [2.24, 2.45) is 0 Å². The highest BCUT2D eigenvalue weighted by atomic mass is 32.2. The number of rotatable bonds is 6. The molecule has 1 amide bonds. The van der Waals surface area contributed by atoms with E-state index in [0.29, 0.717) is 29.7 Å². The van der Waals surface area contributed by atoms with Crippen molar-refractivity contribution >= 4 is 21.4 Å². The van der Waals surface area contributed by atoms with Gasteiger partial charge in [-0.3, -0.25) is 4.79 Å². The first-order valence-corrected chi connectivity index (χ1v) is 10.9. The number of carbonyl (C=O) groups excluding carboxylic acids is 1. The number of hydrogen-bond acceptors (Lipinski definition) is 3. The van der Waals surface area contributed by atoms with Crippen LogP contribution in [0.15, 0.2) is 77.7 Å². The summed E-state index contributed by atoms with van der Waals surface area (Å²) in [6, 6.07) is 19.1. The number of nitrogens with one attached hydrogen (secondary N) is 1. The van der Waals surface area contributed by atoms with E-state index < -0.39 is 20.2 Å². The number of amides is 1. The quantitative estimate of drug-likeness (QED) is 0.556. The van der Waals surface area contributed by atoms with Crippen molar-refractivity contribution in [3.8, 4) is 0 Å². The minimum atomic E-state index is -5.40. The van der Waals surface area contributed by atoms with Crippen molar-refractivity contribution in [1.82, 2.24) is 0 Å². The maximum absolute atomic E-state index is 12.8. The first kappa shape index (κ1) is 22.6. The topological polar surface area (TPSA) is 63.2 Å². The molecular formula is C23H20F3NO3S. The first-order valence-electron chi connectivity index (χ1n) is 9.45. The van der Waals surface area contributed by atoms with Gasteiger partial charge < -0.3 is 5.32 Å². The summed E-state index contributed by atoms with van der Waals surface area (Å²) in [5, 5.41) is 2.88. The van der Waals surface area contributed by atoms with Crippen molar-refractivity contribution < 1.29 is 26.4 Å². The second-order valence-electron chi connectivity index (χ2n) is 7.02. The highest BCUT2D eigenvalue weighted by Gasteiger charge is 2.46. The molecule has 0 aliphatic heterocycles. The molecule has 4 nitrogen and oxygen atoms in total. The molecule has 0 heterocycles. The van der Waals surface area contributed by atoms with Crippen molar-refractivity contribution in [2.45, 2.75) is 30.2 Å². The number of aryl methyl sites for hydroxylation is 3. The predicted octanol–water partition coefficient (Wildman–Crippen LogP) is 5.33. The van der Waals surface area contributed by atoms with Gasteiger partial charge in [-0.1, -0.05) is 48.5 Å². The molecule has 1 N–H and O–H groups in total. The van der Waals surface area contributed by atoms with E-state index in [2.05, 4.69) is 5.32 Å². The highest BCUT2D eigenvalue weighted by molar-refractivity contribution is 7.92. The van der Waals surface area contributed by atoms with Gasteiger partial charge in [0.1, 0.15) is 0 Å². The summed E-state index contributed by atoms with van der Waals surface area (Å²) in [7, 11) is -5.40. The van der Waals surface area contributed by atoms with Crippen molar-refractivity contribution in [2.75, 3.05) is 5.32 Å². The Morgan fingerprint density at radius 1 is 0.903 bits per heavy atom. The van der Waals surface area contributed by atoms with Crippen LogP contribution in [0, 0.1) is 6.92 Å². The van der Waals surface area contributed by atoms with E-state index in [-0.39, 0.29) is 5.91 Å². The van der Waals surface area contributed by atoms with Crippen LogP contribution in [0.2, 0.25) is 0 Å². The summed E-state index contributed by atoms with van der Waals surface area (Å²) in [6.07, 6.45) is 0.707. The maximum atomic E-state index is 12.8. The number of anilines is 1. The van der Waals surface area contributed by atoms with Gasteiger partial charge in [-0.15, -0.1) is 0 Å². The molecule has 0 saturated carbocycles. The highest BCUT2D eigenvalue weighted by Crippen LogP contribution is 2.30. The molecule has 3 rings (SSSR count). The minimum Gasteiger partial charge on any atom is -0.322 e. The predicted molar refractivity (Wildman–Crippen MR) is 113 cm³/mol. The molecule has 162 valence electrons. The molecule has 3 aromatic rings. The van der Waals surface area contributed by atoms with Crippen molar-refractivity contribution in [3.05, 3.63) is 95.1 Å². The molecule has 0 unspecified atom stereocenters. The molecule has 31 heavy (non-hydrogen) atoms. The van der Waals surface area contributed by atoms with Crippen LogP contribution in [0.5, 0.6) is 0 Å². The second-order valence-corrected chi connectivity index (χ2v) is 8.96. The lowest BCUT2D eigenvalue weighted by molar-refractivity contribution is -0.0436. The average Bonchev–Trinajstić information content (AvgIpc) is 2.73. The summed E-state index contributed by atoms with van der Waals surface area (Å²) < 4.78 is 61.7. The molecule has 0 aromatic heterocycles. The Kier molecular flexibility index (Phi) is 6.50. The number of benzene rings is 3. The molecule has 0 saturated heterocycles. The molecule has 0 aliphatic rings. The van der Waals surface area contributed by atoms with Gasteiger partial charge in [0.2, 0.25) is 0 Å². The number of hydrogen-bond donors (Lipinski definition) is 1. The molecule has 8 heteroatoms. The molecule has 0 aliphatic carbocycles. The number of sulfone groups is 1. The van der Waals surface area contributed by atoms with E-state index in [1.165, 1.54) is 6.07 Å². The van der Waals surface area contributed by atoms with Crippen molar-refractivity contribution in [1.29, 1.82) is 0 Å². The lowest BCUT2D eigenvalue weighted by atomic mass is 10.0. The monoisotopic (exact) mass is 447 g/mol. The van der Waals surface area contributed by atoms with Crippen molar-refractivity contribution in [3.63, 3.8) is 0 Å². The van der Waals surface area contributed by atoms with Gasteiger partial charge in [0, 0.05) is 11.3 Å². The summed E-state index contributed by atoms with van der Waals surface area (Å²) >= 11 is 0. The molecule has 0 spiro atoms. The molecule has 0 bridgehead atoms. The number of halogens is 3. The smallest absolute Gasteiger partial charge is 0.322 e. The van der Waals surface area contributed by atoms with E-state index in [4.69, 9.17) is 0 Å². The van der Waals surface area contributed by atoms with E-state index in [9.17, 15) is 26.4 Å². The number of carbonyl (C=O) groups is 1. The van der Waals surface area contributed by atoms with E-state index in [1.807, 2.05) is 25.1 Å². The van der Waals surface area contributed by atoms with Crippen LogP contribution in [0.3, 0.4) is 0 Å². The number of alkyl halides is 3. The first-order chi connectivity index (χ1) is 14.6. The summed E-state index contributed by atoms with van der Waals surface area (Å²) in [6.45, 7) is 1.84. The van der Waals surface area contributed by atoms with Gasteiger partial charge in [-0.2, -0.15) is 13.2 Å². The molecule has 3 aromatic carbocycles. The Labute approximate surface area is 178 Å². The van der Waals surface area contributed by atoms with Gasteiger partial charge in [0.15, 0.2) is 0 Å². The standard InChI is InChI=1S/C23H20F3NO3S/c1-16-7-2-4-11-20(16)22(28)27-21-12-5-3-9-18(21)14-13-17-8-6-10-19(15-17)31(29,30)23(24,25)26/h2-12,15H,13-14H2,1H3,(H,27,28). The lowest BCUT2D eigenvalue weighted by Gasteiger charge is -2.13. The number of para-hydroxylation sites is 1. The Morgan fingerprint density at radius 2 is 1.58 bits per heavy atom. The third kappa shape index (κ3) is 5.14. The van der Waals surface area contributed by atoms with Gasteiger partial charge in [0.05, 0.1) is 4.90 Å². The third-order valence-electron chi connectivity index (χ3n) is 4.85. The van der Waals surface area contributed by atoms with E-state index >= 15 is 0 Å². The van der Waals surface area contributed by atoms with E-state index in [0.717, 1.165) is 23.3 Å². The zero-order valence-electron chi connectivity index (χ0n) is 16.6. The van der Waals surface area contributed by atoms with Crippen LogP contribution in [-0.2, 0) is 22.7 Å². The SMILES string of the molecule is Cc1ccccc1C(=O)Nc1ccccc1CCc1cccc(S(=O)(=O)C(F)(F)F)c1. The fraction of sp³-hybridized carbons (Fsp3) is 0.174. The largest absolute Gasteiger partial charge is 0.501 e. The summed E-state index contributed by atoms with van der Waals surface area (Å²) in [5.41, 5.74) is -2.14. The van der Waals surface area contributed by atoms with Gasteiger partial charge in [-0.05, 0) is 60.7 Å². The Hall–Kier alpha value is -3.13. The van der Waals surface area contributed by atoms with Gasteiger partial charge in [0.25, 0.3) is 15.7 Å². The normalized spacial score (nSPS) is 11.9. The Morgan fingerprint density at radius 3 is 2.29 bits per heavy atom. The van der Waals surface area contributed by atoms with Crippen LogP contribution in [0.1, 0.15) is 27.0 Å². The Bertz CT molecular complexity index is 1200.